The van der Waals surface area contributed by atoms with E-state index in [0.717, 1.165) is 25.1 Å². The van der Waals surface area contributed by atoms with Crippen LogP contribution in [-0.2, 0) is 17.6 Å². The van der Waals surface area contributed by atoms with Crippen LogP contribution in [0.4, 0.5) is 5.82 Å². The number of aromatic nitrogens is 2. The summed E-state index contributed by atoms with van der Waals surface area (Å²) in [5.74, 6) is 1.58. The van der Waals surface area contributed by atoms with Crippen molar-refractivity contribution in [1.29, 1.82) is 0 Å². The number of halogens is 1. The van der Waals surface area contributed by atoms with E-state index in [9.17, 15) is 0 Å². The van der Waals surface area contributed by atoms with Gasteiger partial charge in [0.05, 0.1) is 12.6 Å². The number of ether oxygens (including phenoxy) is 1. The summed E-state index contributed by atoms with van der Waals surface area (Å²) in [6, 6.07) is 0.220. The lowest BCUT2D eigenvalue weighted by Gasteiger charge is -2.18. The molecule has 0 bridgehead atoms. The fourth-order valence-electron chi connectivity index (χ4n) is 2.21. The van der Waals surface area contributed by atoms with Gasteiger partial charge in [-0.1, -0.05) is 0 Å². The monoisotopic (exact) mass is 255 g/mol. The second-order valence-electron chi connectivity index (χ2n) is 4.28. The van der Waals surface area contributed by atoms with Crippen LogP contribution in [0.25, 0.3) is 0 Å². The lowest BCUT2D eigenvalue weighted by Crippen LogP contribution is -2.26. The average molecular weight is 256 g/mol. The molecule has 1 heterocycles. The molecule has 0 saturated heterocycles. The first-order valence-corrected chi connectivity index (χ1v) is 6.52. The van der Waals surface area contributed by atoms with Gasteiger partial charge in [-0.2, -0.15) is 0 Å². The Bertz CT molecular complexity index is 367. The summed E-state index contributed by atoms with van der Waals surface area (Å²) in [6.07, 6.45) is 5.81. The van der Waals surface area contributed by atoms with Gasteiger partial charge in [-0.25, -0.2) is 9.97 Å². The molecule has 0 spiro atoms. The second kappa shape index (κ2) is 6.17. The van der Waals surface area contributed by atoms with Gasteiger partial charge < -0.3 is 10.1 Å². The summed E-state index contributed by atoms with van der Waals surface area (Å²) in [5, 5.41) is 3.42. The summed E-state index contributed by atoms with van der Waals surface area (Å²) >= 11 is 5.79. The van der Waals surface area contributed by atoms with Crippen molar-refractivity contribution < 1.29 is 4.74 Å². The van der Waals surface area contributed by atoms with E-state index in [4.69, 9.17) is 16.3 Å². The molecule has 0 aliphatic heterocycles. The molecule has 2 rings (SSSR count). The number of hydrogen-bond acceptors (Lipinski definition) is 4. The first-order valence-electron chi connectivity index (χ1n) is 5.99. The van der Waals surface area contributed by atoms with E-state index in [1.165, 1.54) is 17.7 Å². The Hall–Kier alpha value is -0.870. The van der Waals surface area contributed by atoms with Crippen molar-refractivity contribution in [3.63, 3.8) is 0 Å². The topological polar surface area (TPSA) is 47.0 Å². The molecule has 1 unspecified atom stereocenters. The molecule has 0 amide bonds. The largest absolute Gasteiger partial charge is 0.383 e. The predicted molar refractivity (Wildman–Crippen MR) is 68.7 cm³/mol. The fourth-order valence-corrected chi connectivity index (χ4v) is 2.47. The highest BCUT2D eigenvalue weighted by molar-refractivity contribution is 6.17. The van der Waals surface area contributed by atoms with Crippen LogP contribution in [0.3, 0.4) is 0 Å². The van der Waals surface area contributed by atoms with Crippen LogP contribution in [0.2, 0.25) is 0 Å². The molecule has 0 radical (unpaired) electrons. The molecule has 5 heteroatoms. The van der Waals surface area contributed by atoms with Crippen molar-refractivity contribution in [3.8, 4) is 0 Å². The van der Waals surface area contributed by atoms with Crippen LogP contribution in [0, 0.1) is 0 Å². The van der Waals surface area contributed by atoms with Crippen molar-refractivity contribution in [2.24, 2.45) is 0 Å². The van der Waals surface area contributed by atoms with Gasteiger partial charge in [0.25, 0.3) is 0 Å². The van der Waals surface area contributed by atoms with E-state index in [1.54, 1.807) is 13.4 Å². The summed E-state index contributed by atoms with van der Waals surface area (Å²) in [7, 11) is 1.70. The third-order valence-electron chi connectivity index (χ3n) is 3.04. The zero-order valence-electron chi connectivity index (χ0n) is 10.1. The summed E-state index contributed by atoms with van der Waals surface area (Å²) in [4.78, 5) is 8.64. The first kappa shape index (κ1) is 12.6. The van der Waals surface area contributed by atoms with E-state index in [0.29, 0.717) is 12.5 Å². The Morgan fingerprint density at radius 2 is 2.35 bits per heavy atom. The zero-order chi connectivity index (χ0) is 12.1. The van der Waals surface area contributed by atoms with Crippen LogP contribution in [0.1, 0.15) is 24.1 Å². The Morgan fingerprint density at radius 3 is 3.12 bits per heavy atom. The number of nitrogens with zero attached hydrogens (tertiary/aromatic N) is 2. The van der Waals surface area contributed by atoms with Gasteiger partial charge in [0.2, 0.25) is 0 Å². The standard InChI is InChI=1S/C12H18ClN3O/c1-17-7-9(5-6-13)16-12-10-3-2-4-11(10)14-8-15-12/h8-9H,2-7H2,1H3,(H,14,15,16). The number of methoxy groups -OCH3 is 1. The second-order valence-corrected chi connectivity index (χ2v) is 4.65. The summed E-state index contributed by atoms with van der Waals surface area (Å²) < 4.78 is 5.18. The molecule has 1 atom stereocenters. The summed E-state index contributed by atoms with van der Waals surface area (Å²) in [6.45, 7) is 0.644. The van der Waals surface area contributed by atoms with E-state index in [1.807, 2.05) is 0 Å². The van der Waals surface area contributed by atoms with Crippen LogP contribution in [0.15, 0.2) is 6.33 Å². The molecule has 0 saturated carbocycles. The number of alkyl halides is 1. The normalized spacial score (nSPS) is 15.6. The van der Waals surface area contributed by atoms with Crippen LogP contribution in [-0.4, -0.2) is 35.6 Å². The number of nitrogens with one attached hydrogen (secondary N) is 1. The molecule has 1 aliphatic carbocycles. The van der Waals surface area contributed by atoms with Gasteiger partial charge in [0, 0.05) is 24.2 Å². The van der Waals surface area contributed by atoms with E-state index < -0.39 is 0 Å². The van der Waals surface area contributed by atoms with Crippen molar-refractivity contribution in [1.82, 2.24) is 9.97 Å². The SMILES string of the molecule is COCC(CCCl)Nc1ncnc2c1CCC2. The number of rotatable bonds is 6. The predicted octanol–water partition coefficient (Wildman–Crippen LogP) is 2.02. The van der Waals surface area contributed by atoms with Crippen molar-refractivity contribution in [2.45, 2.75) is 31.7 Å². The van der Waals surface area contributed by atoms with Crippen LogP contribution >= 0.6 is 11.6 Å². The van der Waals surface area contributed by atoms with Crippen LogP contribution in [0.5, 0.6) is 0 Å². The van der Waals surface area contributed by atoms with E-state index >= 15 is 0 Å². The minimum Gasteiger partial charge on any atom is -0.383 e. The molecule has 94 valence electrons. The number of anilines is 1. The van der Waals surface area contributed by atoms with Gasteiger partial charge in [0.15, 0.2) is 0 Å². The molecular weight excluding hydrogens is 238 g/mol. The van der Waals surface area contributed by atoms with Gasteiger partial charge in [-0.3, -0.25) is 0 Å². The average Bonchev–Trinajstić information content (AvgIpc) is 2.79. The van der Waals surface area contributed by atoms with Gasteiger partial charge in [-0.05, 0) is 25.7 Å². The fraction of sp³-hybridized carbons (Fsp3) is 0.667. The van der Waals surface area contributed by atoms with Crippen molar-refractivity contribution in [2.75, 3.05) is 24.9 Å². The van der Waals surface area contributed by atoms with Crippen LogP contribution < -0.4 is 5.32 Å². The zero-order valence-corrected chi connectivity index (χ0v) is 10.8. The first-order chi connectivity index (χ1) is 8.35. The highest BCUT2D eigenvalue weighted by Crippen LogP contribution is 2.25. The van der Waals surface area contributed by atoms with Crippen molar-refractivity contribution in [3.05, 3.63) is 17.6 Å². The molecule has 1 N–H and O–H groups in total. The molecule has 1 aromatic rings. The molecular formula is C12H18ClN3O. The number of aryl methyl sites for hydroxylation is 1. The Labute approximate surface area is 107 Å². The molecule has 1 aromatic heterocycles. The molecule has 1 aliphatic rings. The van der Waals surface area contributed by atoms with Gasteiger partial charge in [0.1, 0.15) is 12.1 Å². The minimum absolute atomic E-state index is 0.220. The quantitative estimate of drug-likeness (QED) is 0.790. The van der Waals surface area contributed by atoms with Gasteiger partial charge >= 0.3 is 0 Å². The Balaban J connectivity index is 2.09. The lowest BCUT2D eigenvalue weighted by atomic mass is 10.2. The van der Waals surface area contributed by atoms with Crippen molar-refractivity contribution >= 4 is 17.4 Å². The number of hydrogen-bond donors (Lipinski definition) is 1. The van der Waals surface area contributed by atoms with E-state index in [2.05, 4.69) is 15.3 Å². The maximum Gasteiger partial charge on any atom is 0.133 e. The highest BCUT2D eigenvalue weighted by atomic mass is 35.5. The molecule has 4 nitrogen and oxygen atoms in total. The highest BCUT2D eigenvalue weighted by Gasteiger charge is 2.18. The lowest BCUT2D eigenvalue weighted by molar-refractivity contribution is 0.184. The maximum atomic E-state index is 5.79. The maximum absolute atomic E-state index is 5.79. The third-order valence-corrected chi connectivity index (χ3v) is 3.26. The molecule has 17 heavy (non-hydrogen) atoms. The molecule has 0 fully saturated rings. The Morgan fingerprint density at radius 1 is 1.47 bits per heavy atom. The van der Waals surface area contributed by atoms with E-state index in [-0.39, 0.29) is 6.04 Å². The summed E-state index contributed by atoms with van der Waals surface area (Å²) in [5.41, 5.74) is 2.45. The number of fused-ring (bicyclic) bond motifs is 1. The smallest absolute Gasteiger partial charge is 0.133 e. The Kier molecular flexibility index (Phi) is 4.57. The third kappa shape index (κ3) is 3.07. The minimum atomic E-state index is 0.220. The van der Waals surface area contributed by atoms with Gasteiger partial charge in [-0.15, -0.1) is 11.6 Å². The molecule has 0 aromatic carbocycles.